The molecule has 1 aromatic heterocycles. The summed E-state index contributed by atoms with van der Waals surface area (Å²) in [6.07, 6.45) is 6.69. The first kappa shape index (κ1) is 21.1. The molecule has 0 radical (unpaired) electrons. The monoisotopic (exact) mass is 471 g/mol. The fourth-order valence-electron chi connectivity index (χ4n) is 5.82. The molecule has 1 saturated heterocycles. The Morgan fingerprint density at radius 1 is 1.03 bits per heavy atom. The predicted molar refractivity (Wildman–Crippen MR) is 129 cm³/mol. The second kappa shape index (κ2) is 8.06. The summed E-state index contributed by atoms with van der Waals surface area (Å²) in [5, 5.41) is 4.39. The summed E-state index contributed by atoms with van der Waals surface area (Å²) in [5.41, 5.74) is 2.19. The number of nitrogens with one attached hydrogen (secondary N) is 1. The van der Waals surface area contributed by atoms with Crippen molar-refractivity contribution in [1.29, 1.82) is 0 Å². The number of fused-ring (bicyclic) bond motifs is 6. The van der Waals surface area contributed by atoms with Crippen molar-refractivity contribution in [3.05, 3.63) is 83.5 Å². The molecule has 2 heterocycles. The molecular formula is C27H22ClN3O3. The van der Waals surface area contributed by atoms with Crippen molar-refractivity contribution < 1.29 is 14.4 Å². The number of hydrogen-bond acceptors (Lipinski definition) is 4. The van der Waals surface area contributed by atoms with Crippen LogP contribution in [0.4, 0.5) is 5.69 Å². The fraction of sp³-hybridized carbons (Fsp3) is 0.259. The topological polar surface area (TPSA) is 79.4 Å². The standard InChI is InChI=1S/C27H22ClN3O3/c28-19-7-5-15(6-8-19)22(31-26(33)24-17-3-4-18(12-17)25(24)27(31)34)14-23(32)30-20-9-10-21-16(13-20)2-1-11-29-21/h1-11,13,17-18,22,24-25H,12,14H2,(H,30,32). The van der Waals surface area contributed by atoms with Gasteiger partial charge in [0.15, 0.2) is 0 Å². The van der Waals surface area contributed by atoms with E-state index in [9.17, 15) is 14.4 Å². The highest BCUT2D eigenvalue weighted by atomic mass is 35.5. The molecule has 1 saturated carbocycles. The van der Waals surface area contributed by atoms with Gasteiger partial charge in [0.05, 0.1) is 29.8 Å². The Morgan fingerprint density at radius 3 is 2.44 bits per heavy atom. The zero-order chi connectivity index (χ0) is 23.4. The highest BCUT2D eigenvalue weighted by molar-refractivity contribution is 6.30. The molecule has 3 amide bonds. The molecule has 7 heteroatoms. The predicted octanol–water partition coefficient (Wildman–Crippen LogP) is 4.77. The van der Waals surface area contributed by atoms with Gasteiger partial charge in [-0.25, -0.2) is 0 Å². The van der Waals surface area contributed by atoms with E-state index >= 15 is 0 Å². The van der Waals surface area contributed by atoms with Crippen molar-refractivity contribution in [1.82, 2.24) is 9.88 Å². The van der Waals surface area contributed by atoms with Crippen molar-refractivity contribution in [2.24, 2.45) is 23.7 Å². The van der Waals surface area contributed by atoms with Crippen molar-refractivity contribution in [3.8, 4) is 0 Å². The van der Waals surface area contributed by atoms with Gasteiger partial charge in [0.25, 0.3) is 0 Å². The van der Waals surface area contributed by atoms with Gasteiger partial charge in [-0.15, -0.1) is 0 Å². The number of aromatic nitrogens is 1. The molecule has 5 atom stereocenters. The zero-order valence-electron chi connectivity index (χ0n) is 18.2. The van der Waals surface area contributed by atoms with Crippen LogP contribution in [0, 0.1) is 23.7 Å². The van der Waals surface area contributed by atoms with E-state index in [0.29, 0.717) is 16.3 Å². The zero-order valence-corrected chi connectivity index (χ0v) is 19.0. The number of likely N-dealkylation sites (tertiary alicyclic amines) is 1. The number of pyridine rings is 1. The highest BCUT2D eigenvalue weighted by Crippen LogP contribution is 2.54. The number of halogens is 1. The number of carbonyl (C=O) groups is 3. The third-order valence-corrected chi connectivity index (χ3v) is 7.59. The van der Waals surface area contributed by atoms with E-state index in [1.54, 1.807) is 36.5 Å². The number of amides is 3. The fourth-order valence-corrected chi connectivity index (χ4v) is 5.94. The highest BCUT2D eigenvalue weighted by Gasteiger charge is 2.60. The van der Waals surface area contributed by atoms with Crippen molar-refractivity contribution in [3.63, 3.8) is 0 Å². The molecule has 3 aromatic rings. The molecule has 2 bridgehead atoms. The number of hydrogen-bond donors (Lipinski definition) is 1. The van der Waals surface area contributed by atoms with E-state index in [2.05, 4.69) is 22.5 Å². The number of nitrogens with zero attached hydrogens (tertiary/aromatic N) is 2. The van der Waals surface area contributed by atoms with Gasteiger partial charge in [-0.3, -0.25) is 24.3 Å². The van der Waals surface area contributed by atoms with Gasteiger partial charge in [-0.1, -0.05) is 42.0 Å². The minimum absolute atomic E-state index is 0.0353. The second-order valence-corrected chi connectivity index (χ2v) is 9.71. The minimum Gasteiger partial charge on any atom is -0.326 e. The van der Waals surface area contributed by atoms with Crippen LogP contribution in [0.5, 0.6) is 0 Å². The molecule has 1 aliphatic heterocycles. The Hall–Kier alpha value is -3.51. The lowest BCUT2D eigenvalue weighted by molar-refractivity contribution is -0.144. The van der Waals surface area contributed by atoms with Crippen molar-refractivity contribution in [2.45, 2.75) is 18.9 Å². The Labute approximate surface area is 201 Å². The van der Waals surface area contributed by atoms with E-state index in [1.807, 2.05) is 24.3 Å². The molecule has 34 heavy (non-hydrogen) atoms. The maximum Gasteiger partial charge on any atom is 0.234 e. The Morgan fingerprint density at radius 2 is 1.74 bits per heavy atom. The van der Waals surface area contributed by atoms with Gasteiger partial charge in [0, 0.05) is 22.3 Å². The molecule has 3 aliphatic rings. The smallest absolute Gasteiger partial charge is 0.234 e. The van der Waals surface area contributed by atoms with E-state index in [4.69, 9.17) is 11.6 Å². The van der Waals surface area contributed by atoms with E-state index < -0.39 is 6.04 Å². The van der Waals surface area contributed by atoms with Gasteiger partial charge < -0.3 is 5.32 Å². The molecule has 1 N–H and O–H groups in total. The quantitative estimate of drug-likeness (QED) is 0.429. The van der Waals surface area contributed by atoms with Crippen LogP contribution in [0.15, 0.2) is 72.9 Å². The SMILES string of the molecule is O=C(CC(c1ccc(Cl)cc1)N1C(=O)C2C3C=CC(C3)C2C1=O)Nc1ccc2ncccc2c1. The Balaban J connectivity index is 1.29. The number of benzene rings is 2. The molecule has 5 unspecified atom stereocenters. The van der Waals surface area contributed by atoms with Crippen LogP contribution in [-0.4, -0.2) is 27.6 Å². The largest absolute Gasteiger partial charge is 0.326 e. The minimum atomic E-state index is -0.690. The molecule has 6 rings (SSSR count). The normalized spacial score (nSPS) is 25.7. The lowest BCUT2D eigenvalue weighted by Gasteiger charge is -2.28. The molecule has 170 valence electrons. The first-order valence-corrected chi connectivity index (χ1v) is 11.8. The van der Waals surface area contributed by atoms with Gasteiger partial charge in [-0.2, -0.15) is 0 Å². The van der Waals surface area contributed by atoms with Gasteiger partial charge in [0.1, 0.15) is 0 Å². The average molecular weight is 472 g/mol. The molecule has 2 aliphatic carbocycles. The molecule has 2 fully saturated rings. The lowest BCUT2D eigenvalue weighted by atomic mass is 9.85. The lowest BCUT2D eigenvalue weighted by Crippen LogP contribution is -2.38. The molecule has 6 nitrogen and oxygen atoms in total. The Kier molecular flexibility index (Phi) is 4.99. The summed E-state index contributed by atoms with van der Waals surface area (Å²) in [6.45, 7) is 0. The summed E-state index contributed by atoms with van der Waals surface area (Å²) in [6, 6.07) is 15.6. The van der Waals surface area contributed by atoms with Gasteiger partial charge in [0.2, 0.25) is 17.7 Å². The number of rotatable bonds is 5. The molecule has 0 spiro atoms. The van der Waals surface area contributed by atoms with E-state index in [-0.39, 0.29) is 47.8 Å². The second-order valence-electron chi connectivity index (χ2n) is 9.28. The summed E-state index contributed by atoms with van der Waals surface area (Å²) < 4.78 is 0. The number of imide groups is 1. The van der Waals surface area contributed by atoms with Gasteiger partial charge >= 0.3 is 0 Å². The molecular weight excluding hydrogens is 450 g/mol. The Bertz CT molecular complexity index is 1320. The van der Waals surface area contributed by atoms with Gasteiger partial charge in [-0.05, 0) is 60.2 Å². The van der Waals surface area contributed by atoms with Crippen LogP contribution in [0.2, 0.25) is 5.02 Å². The third-order valence-electron chi connectivity index (χ3n) is 7.34. The van der Waals surface area contributed by atoms with E-state index in [0.717, 1.165) is 17.3 Å². The summed E-state index contributed by atoms with van der Waals surface area (Å²) in [4.78, 5) is 45.7. The number of carbonyl (C=O) groups excluding carboxylic acids is 3. The van der Waals surface area contributed by atoms with Crippen LogP contribution < -0.4 is 5.32 Å². The van der Waals surface area contributed by atoms with Crippen LogP contribution >= 0.6 is 11.6 Å². The van der Waals surface area contributed by atoms with Crippen LogP contribution in [0.3, 0.4) is 0 Å². The van der Waals surface area contributed by atoms with Crippen LogP contribution in [-0.2, 0) is 14.4 Å². The summed E-state index contributed by atoms with van der Waals surface area (Å²) in [7, 11) is 0. The van der Waals surface area contributed by atoms with E-state index in [1.165, 1.54) is 4.90 Å². The first-order valence-electron chi connectivity index (χ1n) is 11.4. The number of allylic oxidation sites excluding steroid dienone is 2. The summed E-state index contributed by atoms with van der Waals surface area (Å²) >= 11 is 6.08. The molecule has 2 aromatic carbocycles. The number of anilines is 1. The van der Waals surface area contributed by atoms with Crippen molar-refractivity contribution >= 4 is 45.9 Å². The summed E-state index contributed by atoms with van der Waals surface area (Å²) in [5.74, 6) is -1.01. The maximum absolute atomic E-state index is 13.5. The maximum atomic E-state index is 13.5. The van der Waals surface area contributed by atoms with Crippen LogP contribution in [0.25, 0.3) is 10.9 Å². The van der Waals surface area contributed by atoms with Crippen LogP contribution in [0.1, 0.15) is 24.4 Å². The average Bonchev–Trinajstić information content (AvgIpc) is 3.52. The van der Waals surface area contributed by atoms with Crippen molar-refractivity contribution in [2.75, 3.05) is 5.32 Å². The third kappa shape index (κ3) is 3.41. The first-order chi connectivity index (χ1) is 16.5.